The number of hydrogen-bond acceptors (Lipinski definition) is 3. The summed E-state index contributed by atoms with van der Waals surface area (Å²) in [7, 11) is 2.23. The van der Waals surface area contributed by atoms with Crippen LogP contribution < -0.4 is 5.32 Å². The van der Waals surface area contributed by atoms with Crippen LogP contribution in [0.1, 0.15) is 19.8 Å². The van der Waals surface area contributed by atoms with Crippen molar-refractivity contribution in [2.45, 2.75) is 25.8 Å². The Morgan fingerprint density at radius 2 is 2.38 bits per heavy atom. The average molecular weight is 202 g/mol. The molecule has 1 unspecified atom stereocenters. The van der Waals surface area contributed by atoms with E-state index in [1.807, 2.05) is 0 Å². The first-order valence-corrected chi connectivity index (χ1v) is 6.48. The molecule has 13 heavy (non-hydrogen) atoms. The van der Waals surface area contributed by atoms with Gasteiger partial charge in [0.1, 0.15) is 0 Å². The van der Waals surface area contributed by atoms with Crippen LogP contribution in [-0.4, -0.2) is 49.1 Å². The molecule has 78 valence electrons. The summed E-state index contributed by atoms with van der Waals surface area (Å²) in [6, 6.07) is 0.723. The predicted molar refractivity (Wildman–Crippen MR) is 61.5 cm³/mol. The first kappa shape index (κ1) is 11.3. The molecule has 0 radical (unpaired) electrons. The van der Waals surface area contributed by atoms with Crippen LogP contribution in [0.15, 0.2) is 0 Å². The van der Waals surface area contributed by atoms with Gasteiger partial charge in [0.2, 0.25) is 0 Å². The zero-order chi connectivity index (χ0) is 9.52. The smallest absolute Gasteiger partial charge is 0.0285 e. The maximum absolute atomic E-state index is 3.56. The Labute approximate surface area is 86.5 Å². The van der Waals surface area contributed by atoms with Crippen molar-refractivity contribution in [3.05, 3.63) is 0 Å². The lowest BCUT2D eigenvalue weighted by molar-refractivity contribution is 0.294. The van der Waals surface area contributed by atoms with Crippen LogP contribution in [0.25, 0.3) is 0 Å². The van der Waals surface area contributed by atoms with Crippen molar-refractivity contribution in [2.75, 3.05) is 38.2 Å². The van der Waals surface area contributed by atoms with Crippen LogP contribution in [0.2, 0.25) is 0 Å². The Hall–Kier alpha value is 0.270. The molecular weight excluding hydrogens is 180 g/mol. The van der Waals surface area contributed by atoms with E-state index < -0.39 is 0 Å². The fraction of sp³-hybridized carbons (Fsp3) is 1.00. The second-order valence-electron chi connectivity index (χ2n) is 3.84. The Bertz CT molecular complexity index is 124. The Kier molecular flexibility index (Phi) is 5.83. The van der Waals surface area contributed by atoms with Crippen molar-refractivity contribution in [1.82, 2.24) is 10.2 Å². The van der Waals surface area contributed by atoms with Crippen molar-refractivity contribution >= 4 is 11.8 Å². The lowest BCUT2D eigenvalue weighted by atomic mass is 10.2. The normalized spacial score (nSPS) is 23.8. The summed E-state index contributed by atoms with van der Waals surface area (Å²) >= 11 is 2.08. The molecule has 3 heteroatoms. The molecule has 0 amide bonds. The van der Waals surface area contributed by atoms with Gasteiger partial charge in [0.25, 0.3) is 0 Å². The third-order valence-electron chi connectivity index (χ3n) is 2.42. The molecule has 1 fully saturated rings. The quantitative estimate of drug-likeness (QED) is 0.726. The number of nitrogens with one attached hydrogen (secondary N) is 1. The zero-order valence-corrected chi connectivity index (χ0v) is 9.70. The monoisotopic (exact) mass is 202 g/mol. The maximum atomic E-state index is 3.56. The molecule has 1 N–H and O–H groups in total. The molecule has 1 aliphatic heterocycles. The predicted octanol–water partition coefficient (Wildman–Crippen LogP) is 1.42. The van der Waals surface area contributed by atoms with Crippen molar-refractivity contribution in [3.8, 4) is 0 Å². The van der Waals surface area contributed by atoms with E-state index in [1.165, 1.54) is 44.0 Å². The summed E-state index contributed by atoms with van der Waals surface area (Å²) in [6.07, 6.45) is 2.63. The number of unbranched alkanes of at least 4 members (excludes halogenated alkanes) is 1. The molecule has 1 atom stereocenters. The van der Waals surface area contributed by atoms with Crippen LogP contribution in [-0.2, 0) is 0 Å². The van der Waals surface area contributed by atoms with Gasteiger partial charge in [-0.3, -0.25) is 0 Å². The van der Waals surface area contributed by atoms with Crippen LogP contribution in [0.4, 0.5) is 0 Å². The van der Waals surface area contributed by atoms with Crippen LogP contribution in [0, 0.1) is 0 Å². The van der Waals surface area contributed by atoms with Gasteiger partial charge < -0.3 is 10.2 Å². The van der Waals surface area contributed by atoms with Crippen molar-refractivity contribution < 1.29 is 0 Å². The van der Waals surface area contributed by atoms with E-state index in [9.17, 15) is 0 Å². The van der Waals surface area contributed by atoms with E-state index in [-0.39, 0.29) is 0 Å². The standard InChI is InChI=1S/C10H22N2S/c1-3-4-6-12(2)8-10-9-13-7-5-11-10/h10-11H,3-9H2,1-2H3. The van der Waals surface area contributed by atoms with E-state index in [4.69, 9.17) is 0 Å². The fourth-order valence-electron chi connectivity index (χ4n) is 1.63. The number of likely N-dealkylation sites (N-methyl/N-ethyl adjacent to an activating group) is 1. The molecule has 1 saturated heterocycles. The summed E-state index contributed by atoms with van der Waals surface area (Å²) in [5.41, 5.74) is 0. The summed E-state index contributed by atoms with van der Waals surface area (Å²) in [6.45, 7) is 5.91. The second kappa shape index (κ2) is 6.68. The fourth-order valence-corrected chi connectivity index (χ4v) is 2.57. The topological polar surface area (TPSA) is 15.3 Å². The van der Waals surface area contributed by atoms with Gasteiger partial charge in [0.05, 0.1) is 0 Å². The summed E-state index contributed by atoms with van der Waals surface area (Å²) in [4.78, 5) is 2.45. The van der Waals surface area contributed by atoms with E-state index in [0.717, 1.165) is 6.04 Å². The van der Waals surface area contributed by atoms with E-state index in [0.29, 0.717) is 0 Å². The maximum Gasteiger partial charge on any atom is 0.0285 e. The highest BCUT2D eigenvalue weighted by molar-refractivity contribution is 7.99. The molecule has 0 aromatic heterocycles. The minimum Gasteiger partial charge on any atom is -0.311 e. The number of thioether (sulfide) groups is 1. The van der Waals surface area contributed by atoms with Crippen molar-refractivity contribution in [1.29, 1.82) is 0 Å². The van der Waals surface area contributed by atoms with Gasteiger partial charge in [-0.15, -0.1) is 0 Å². The molecule has 1 rings (SSSR count). The zero-order valence-electron chi connectivity index (χ0n) is 8.88. The van der Waals surface area contributed by atoms with Crippen LogP contribution in [0.5, 0.6) is 0 Å². The largest absolute Gasteiger partial charge is 0.311 e. The first-order chi connectivity index (χ1) is 6.33. The molecule has 1 heterocycles. The lowest BCUT2D eigenvalue weighted by Crippen LogP contribution is -2.45. The highest BCUT2D eigenvalue weighted by Crippen LogP contribution is 2.08. The van der Waals surface area contributed by atoms with Crippen molar-refractivity contribution in [2.24, 2.45) is 0 Å². The van der Waals surface area contributed by atoms with Crippen LogP contribution >= 0.6 is 11.8 Å². The summed E-state index contributed by atoms with van der Waals surface area (Å²) < 4.78 is 0. The van der Waals surface area contributed by atoms with Crippen molar-refractivity contribution in [3.63, 3.8) is 0 Å². The second-order valence-corrected chi connectivity index (χ2v) is 4.99. The van der Waals surface area contributed by atoms with Crippen LogP contribution in [0.3, 0.4) is 0 Å². The number of nitrogens with zero attached hydrogens (tertiary/aromatic N) is 1. The molecule has 0 saturated carbocycles. The highest BCUT2D eigenvalue weighted by atomic mass is 32.2. The molecule has 0 aromatic carbocycles. The molecule has 0 spiro atoms. The van der Waals surface area contributed by atoms with E-state index in [1.54, 1.807) is 0 Å². The van der Waals surface area contributed by atoms with Gasteiger partial charge in [-0.2, -0.15) is 11.8 Å². The van der Waals surface area contributed by atoms with Gasteiger partial charge >= 0.3 is 0 Å². The van der Waals surface area contributed by atoms with E-state index in [2.05, 4.69) is 35.9 Å². The molecule has 1 aliphatic rings. The van der Waals surface area contributed by atoms with Gasteiger partial charge in [-0.1, -0.05) is 13.3 Å². The highest BCUT2D eigenvalue weighted by Gasteiger charge is 2.14. The van der Waals surface area contributed by atoms with Gasteiger partial charge in [0.15, 0.2) is 0 Å². The van der Waals surface area contributed by atoms with Gasteiger partial charge in [-0.25, -0.2) is 0 Å². The number of hydrogen-bond donors (Lipinski definition) is 1. The molecule has 2 nitrogen and oxygen atoms in total. The van der Waals surface area contributed by atoms with E-state index >= 15 is 0 Å². The third kappa shape index (κ3) is 4.89. The average Bonchev–Trinajstić information content (AvgIpc) is 2.16. The summed E-state index contributed by atoms with van der Waals surface area (Å²) in [5.74, 6) is 2.58. The third-order valence-corrected chi connectivity index (χ3v) is 3.55. The Morgan fingerprint density at radius 3 is 3.00 bits per heavy atom. The lowest BCUT2D eigenvalue weighted by Gasteiger charge is -2.27. The van der Waals surface area contributed by atoms with Gasteiger partial charge in [0, 0.05) is 30.6 Å². The number of rotatable bonds is 5. The minimum absolute atomic E-state index is 0.723. The SMILES string of the molecule is CCCCN(C)CC1CSCCN1. The minimum atomic E-state index is 0.723. The first-order valence-electron chi connectivity index (χ1n) is 5.32. The molecule has 0 aliphatic carbocycles. The molecule has 0 aromatic rings. The molecule has 0 bridgehead atoms. The molecular formula is C10H22N2S. The Morgan fingerprint density at radius 1 is 1.54 bits per heavy atom. The Balaban J connectivity index is 2.07. The van der Waals surface area contributed by atoms with Gasteiger partial charge in [-0.05, 0) is 20.0 Å². The summed E-state index contributed by atoms with van der Waals surface area (Å²) in [5, 5.41) is 3.56.